The number of aryl methyl sites for hydroxylation is 1. The molecule has 0 spiro atoms. The van der Waals surface area contributed by atoms with Crippen LogP contribution in [0.3, 0.4) is 0 Å². The fourth-order valence-electron chi connectivity index (χ4n) is 2.65. The van der Waals surface area contributed by atoms with Crippen LogP contribution in [0.5, 0.6) is 0 Å². The summed E-state index contributed by atoms with van der Waals surface area (Å²) in [7, 11) is -3.65. The molecule has 0 aliphatic rings. The number of nitrogens with zero attached hydrogens (tertiary/aromatic N) is 2. The zero-order chi connectivity index (χ0) is 20.7. The molecule has 0 saturated carbocycles. The highest BCUT2D eigenvalue weighted by atomic mass is 32.2. The summed E-state index contributed by atoms with van der Waals surface area (Å²) < 4.78 is 33.5. The first-order valence-electron chi connectivity index (χ1n) is 9.07. The Hall–Kier alpha value is -2.16. The summed E-state index contributed by atoms with van der Waals surface area (Å²) in [4.78, 5) is 4.48. The van der Waals surface area contributed by atoms with Crippen LogP contribution in [-0.4, -0.2) is 41.2 Å². The van der Waals surface area contributed by atoms with Gasteiger partial charge in [0.25, 0.3) is 10.0 Å². The molecule has 0 radical (unpaired) electrons. The average Bonchev–Trinajstić information content (AvgIpc) is 2.99. The van der Waals surface area contributed by atoms with Crippen LogP contribution < -0.4 is 5.46 Å². The van der Waals surface area contributed by atoms with E-state index in [1.54, 1.807) is 70.4 Å². The van der Waals surface area contributed by atoms with E-state index in [2.05, 4.69) is 4.98 Å². The number of aliphatic hydroxyl groups is 1. The Kier molecular flexibility index (Phi) is 5.16. The van der Waals surface area contributed by atoms with E-state index in [1.807, 2.05) is 13.0 Å². The zero-order valence-corrected chi connectivity index (χ0v) is 17.6. The molecule has 0 fully saturated rings. The summed E-state index contributed by atoms with van der Waals surface area (Å²) in [5, 5.41) is 11.0. The highest BCUT2D eigenvalue weighted by Crippen LogP contribution is 2.25. The molecule has 148 valence electrons. The van der Waals surface area contributed by atoms with Gasteiger partial charge >= 0.3 is 7.48 Å². The summed E-state index contributed by atoms with van der Waals surface area (Å²) >= 11 is 0. The molecule has 0 atom stereocenters. The molecule has 0 saturated heterocycles. The highest BCUT2D eigenvalue weighted by Gasteiger charge is 2.36. The fourth-order valence-corrected chi connectivity index (χ4v) is 4.00. The topological polar surface area (TPSA) is 81.4 Å². The second-order valence-electron chi connectivity index (χ2n) is 8.00. The largest absolute Gasteiger partial charge is 0.427 e. The van der Waals surface area contributed by atoms with Gasteiger partial charge < -0.3 is 9.76 Å². The lowest BCUT2D eigenvalue weighted by Gasteiger charge is -2.37. The third kappa shape index (κ3) is 3.72. The summed E-state index contributed by atoms with van der Waals surface area (Å²) in [6, 6.07) is 10.3. The van der Waals surface area contributed by atoms with Crippen LogP contribution >= 0.6 is 0 Å². The molecule has 0 aliphatic carbocycles. The number of aromatic nitrogens is 2. The first-order chi connectivity index (χ1) is 12.9. The Morgan fingerprint density at radius 1 is 1.11 bits per heavy atom. The monoisotopic (exact) mass is 400 g/mol. The van der Waals surface area contributed by atoms with Crippen molar-refractivity contribution in [2.75, 3.05) is 0 Å². The molecule has 8 heteroatoms. The van der Waals surface area contributed by atoms with Crippen molar-refractivity contribution in [2.24, 2.45) is 0 Å². The highest BCUT2D eigenvalue weighted by molar-refractivity contribution is 7.90. The Labute approximate surface area is 166 Å². The van der Waals surface area contributed by atoms with Gasteiger partial charge in [-0.05, 0) is 58.3 Å². The summed E-state index contributed by atoms with van der Waals surface area (Å²) in [5.74, 6) is 0. The maximum absolute atomic E-state index is 13.2. The number of pyridine rings is 1. The van der Waals surface area contributed by atoms with E-state index < -0.39 is 21.2 Å². The molecule has 0 aliphatic heterocycles. The second kappa shape index (κ2) is 7.02. The van der Waals surface area contributed by atoms with Gasteiger partial charge in [-0.1, -0.05) is 23.8 Å². The van der Waals surface area contributed by atoms with Crippen molar-refractivity contribution in [1.29, 1.82) is 0 Å². The van der Waals surface area contributed by atoms with Crippen molar-refractivity contribution in [3.63, 3.8) is 0 Å². The van der Waals surface area contributed by atoms with E-state index in [0.29, 0.717) is 16.5 Å². The smallest absolute Gasteiger partial charge is 0.311 e. The zero-order valence-electron chi connectivity index (χ0n) is 16.8. The lowest BCUT2D eigenvalue weighted by atomic mass is 9.83. The van der Waals surface area contributed by atoms with Gasteiger partial charge in [0.2, 0.25) is 0 Å². The average molecular weight is 400 g/mol. The van der Waals surface area contributed by atoms with Crippen LogP contribution in [0.1, 0.15) is 33.3 Å². The van der Waals surface area contributed by atoms with Crippen molar-refractivity contribution in [1.82, 2.24) is 8.96 Å². The summed E-state index contributed by atoms with van der Waals surface area (Å²) in [6.45, 7) is 8.86. The Bertz CT molecular complexity index is 1100. The van der Waals surface area contributed by atoms with Gasteiger partial charge in [0.1, 0.15) is 0 Å². The second-order valence-corrected chi connectivity index (χ2v) is 9.82. The molecule has 0 amide bonds. The lowest BCUT2D eigenvalue weighted by Crippen LogP contribution is -2.49. The standard InChI is InChI=1S/C20H25BN2O4S/c1-14-8-10-15(11-9-14)28(25,26)23-13-17(16-7-6-12-22-18(16)23)21-27-20(4,5)19(2,3)24/h6-13,21,24H,1-5H3. The van der Waals surface area contributed by atoms with E-state index >= 15 is 0 Å². The lowest BCUT2D eigenvalue weighted by molar-refractivity contribution is -0.0893. The molecule has 2 heterocycles. The van der Waals surface area contributed by atoms with Gasteiger partial charge in [-0.25, -0.2) is 17.4 Å². The Morgan fingerprint density at radius 2 is 1.75 bits per heavy atom. The van der Waals surface area contributed by atoms with Crippen molar-refractivity contribution < 1.29 is 18.2 Å². The minimum Gasteiger partial charge on any atom is -0.427 e. The fraction of sp³-hybridized carbons (Fsp3) is 0.350. The first kappa shape index (κ1) is 20.6. The summed E-state index contributed by atoms with van der Waals surface area (Å²) in [5.41, 5.74) is 0.146. The minimum absolute atomic E-state index is 0.148. The Balaban J connectivity index is 2.05. The van der Waals surface area contributed by atoms with Gasteiger partial charge in [0.05, 0.1) is 16.1 Å². The molecule has 3 rings (SSSR count). The van der Waals surface area contributed by atoms with E-state index in [-0.39, 0.29) is 12.4 Å². The van der Waals surface area contributed by atoms with Crippen molar-refractivity contribution in [3.8, 4) is 0 Å². The van der Waals surface area contributed by atoms with E-state index in [0.717, 1.165) is 5.56 Å². The number of fused-ring (bicyclic) bond motifs is 1. The van der Waals surface area contributed by atoms with E-state index in [1.165, 1.54) is 3.97 Å². The first-order valence-corrected chi connectivity index (χ1v) is 10.5. The van der Waals surface area contributed by atoms with Crippen LogP contribution in [0.4, 0.5) is 0 Å². The molecule has 0 bridgehead atoms. The summed E-state index contributed by atoms with van der Waals surface area (Å²) in [6.07, 6.45) is 3.11. The molecule has 0 unspecified atom stereocenters. The van der Waals surface area contributed by atoms with Gasteiger partial charge in [0, 0.05) is 17.8 Å². The third-order valence-corrected chi connectivity index (χ3v) is 6.92. The molecule has 3 aromatic rings. The molecular formula is C20H25BN2O4S. The predicted molar refractivity (Wildman–Crippen MR) is 112 cm³/mol. The van der Waals surface area contributed by atoms with Crippen LogP contribution in [-0.2, 0) is 14.7 Å². The van der Waals surface area contributed by atoms with Gasteiger partial charge in [-0.2, -0.15) is 0 Å². The van der Waals surface area contributed by atoms with Crippen LogP contribution in [0.2, 0.25) is 0 Å². The predicted octanol–water partition coefficient (Wildman–Crippen LogP) is 2.12. The Morgan fingerprint density at radius 3 is 2.36 bits per heavy atom. The van der Waals surface area contributed by atoms with Gasteiger partial charge in [-0.3, -0.25) is 0 Å². The van der Waals surface area contributed by atoms with Gasteiger partial charge in [0.15, 0.2) is 5.65 Å². The third-order valence-electron chi connectivity index (χ3n) is 5.25. The number of hydrogen-bond donors (Lipinski definition) is 1. The molecule has 6 nitrogen and oxygen atoms in total. The molecule has 1 N–H and O–H groups in total. The van der Waals surface area contributed by atoms with Crippen LogP contribution in [0.25, 0.3) is 11.0 Å². The molecule has 2 aromatic heterocycles. The number of hydrogen-bond acceptors (Lipinski definition) is 5. The van der Waals surface area contributed by atoms with Crippen molar-refractivity contribution in [2.45, 2.75) is 50.7 Å². The minimum atomic E-state index is -3.79. The van der Waals surface area contributed by atoms with Crippen molar-refractivity contribution >= 4 is 34.0 Å². The normalized spacial score (nSPS) is 13.1. The molecule has 1 aromatic carbocycles. The van der Waals surface area contributed by atoms with Crippen LogP contribution in [0, 0.1) is 6.92 Å². The maximum atomic E-state index is 13.2. The number of rotatable bonds is 6. The molecular weight excluding hydrogens is 375 g/mol. The van der Waals surface area contributed by atoms with E-state index in [9.17, 15) is 13.5 Å². The molecule has 28 heavy (non-hydrogen) atoms. The van der Waals surface area contributed by atoms with Gasteiger partial charge in [-0.15, -0.1) is 0 Å². The van der Waals surface area contributed by atoms with Crippen LogP contribution in [0.15, 0.2) is 53.7 Å². The number of benzene rings is 1. The SMILES string of the molecule is Cc1ccc(S(=O)(=O)n2cc(BOC(C)(C)C(C)(C)O)c3cccnc32)cc1. The quantitative estimate of drug-likeness (QED) is 0.641. The maximum Gasteiger partial charge on any atom is 0.311 e. The van der Waals surface area contributed by atoms with E-state index in [4.69, 9.17) is 4.65 Å². The van der Waals surface area contributed by atoms with Crippen molar-refractivity contribution in [3.05, 3.63) is 54.4 Å².